The van der Waals surface area contributed by atoms with Crippen molar-refractivity contribution in [2.24, 2.45) is 0 Å². The van der Waals surface area contributed by atoms with Gasteiger partial charge in [0.05, 0.1) is 0 Å². The molecule has 1 unspecified atom stereocenters. The van der Waals surface area contributed by atoms with Crippen molar-refractivity contribution in [3.63, 3.8) is 0 Å². The van der Waals surface area contributed by atoms with Crippen LogP contribution < -0.4 is 5.32 Å². The van der Waals surface area contributed by atoms with Crippen LogP contribution in [0.5, 0.6) is 0 Å². The van der Waals surface area contributed by atoms with E-state index in [4.69, 9.17) is 0 Å². The van der Waals surface area contributed by atoms with E-state index < -0.39 is 18.0 Å². The van der Waals surface area contributed by atoms with Gasteiger partial charge in [-0.05, 0) is 31.0 Å². The molecule has 8 heteroatoms. The van der Waals surface area contributed by atoms with Gasteiger partial charge in [0.2, 0.25) is 5.91 Å². The van der Waals surface area contributed by atoms with E-state index in [9.17, 15) is 22.8 Å². The monoisotopic (exact) mass is 390 g/mol. The molecule has 124 valence electrons. The summed E-state index contributed by atoms with van der Waals surface area (Å²) in [5.74, 6) is -2.25. The number of carbonyl (C=O) groups excluding carboxylic acids is 2. The molecule has 23 heavy (non-hydrogen) atoms. The summed E-state index contributed by atoms with van der Waals surface area (Å²) in [5.41, 5.74) is 0.589. The van der Waals surface area contributed by atoms with E-state index in [1.54, 1.807) is 18.2 Å². The van der Waals surface area contributed by atoms with E-state index in [-0.39, 0.29) is 5.91 Å². The summed E-state index contributed by atoms with van der Waals surface area (Å²) >= 11 is 3.29. The summed E-state index contributed by atoms with van der Waals surface area (Å²) in [6, 6.07) is 6.41. The smallest absolute Gasteiger partial charge is 0.365 e. The third-order valence-electron chi connectivity index (χ3n) is 3.39. The first kappa shape index (κ1) is 17.5. The van der Waals surface area contributed by atoms with Gasteiger partial charge in [-0.25, -0.2) is 0 Å². The fraction of sp³-hybridized carbons (Fsp3) is 0.333. The lowest BCUT2D eigenvalue weighted by molar-refractivity contribution is -0.165. The number of benzene rings is 1. The van der Waals surface area contributed by atoms with Gasteiger partial charge < -0.3 is 10.2 Å². The third kappa shape index (κ3) is 4.82. The van der Waals surface area contributed by atoms with Crippen LogP contribution in [0.4, 0.5) is 18.9 Å². The summed E-state index contributed by atoms with van der Waals surface area (Å²) in [4.78, 5) is 24.6. The number of ketones is 1. The van der Waals surface area contributed by atoms with Crippen LogP contribution in [0.25, 0.3) is 0 Å². The highest BCUT2D eigenvalue weighted by atomic mass is 79.9. The van der Waals surface area contributed by atoms with E-state index in [0.717, 1.165) is 10.7 Å². The van der Waals surface area contributed by atoms with Gasteiger partial charge in [0.15, 0.2) is 0 Å². The molecule has 0 aliphatic carbocycles. The normalized spacial score (nSPS) is 18.4. The second-order valence-corrected chi connectivity index (χ2v) is 5.99. The van der Waals surface area contributed by atoms with Crippen molar-refractivity contribution in [3.8, 4) is 0 Å². The molecule has 1 fully saturated rings. The average molecular weight is 391 g/mol. The maximum atomic E-state index is 12.3. The molecule has 1 atom stereocenters. The maximum absolute atomic E-state index is 12.3. The summed E-state index contributed by atoms with van der Waals surface area (Å²) in [5, 5.41) is 2.72. The summed E-state index contributed by atoms with van der Waals surface area (Å²) in [6.45, 7) is 0.429. The van der Waals surface area contributed by atoms with Gasteiger partial charge in [0.25, 0.3) is 5.78 Å². The first-order valence-electron chi connectivity index (χ1n) is 6.89. The lowest BCUT2D eigenvalue weighted by Gasteiger charge is -2.22. The van der Waals surface area contributed by atoms with Crippen LogP contribution in [0, 0.1) is 0 Å². The van der Waals surface area contributed by atoms with Gasteiger partial charge in [-0.15, -0.1) is 0 Å². The Balaban J connectivity index is 2.02. The second kappa shape index (κ2) is 7.16. The molecule has 0 saturated carbocycles. The molecule has 1 saturated heterocycles. The number of nitrogens with one attached hydrogen (secondary N) is 1. The Bertz CT molecular complexity index is 631. The number of allylic oxidation sites excluding steroid dienone is 1. The molecule has 2 rings (SSSR count). The number of hydrogen-bond donors (Lipinski definition) is 1. The van der Waals surface area contributed by atoms with Gasteiger partial charge in [0.1, 0.15) is 6.04 Å². The van der Waals surface area contributed by atoms with E-state index >= 15 is 0 Å². The highest BCUT2D eigenvalue weighted by Gasteiger charge is 2.37. The van der Waals surface area contributed by atoms with Gasteiger partial charge in [-0.3, -0.25) is 9.59 Å². The number of halogens is 4. The molecule has 0 aromatic heterocycles. The predicted molar refractivity (Wildman–Crippen MR) is 82.7 cm³/mol. The van der Waals surface area contributed by atoms with Crippen molar-refractivity contribution < 1.29 is 22.8 Å². The molecule has 1 aliphatic rings. The Morgan fingerprint density at radius 2 is 2.09 bits per heavy atom. The molecule has 1 amide bonds. The number of nitrogens with zero attached hydrogens (tertiary/aromatic N) is 1. The van der Waals surface area contributed by atoms with Crippen molar-refractivity contribution in [2.75, 3.05) is 11.9 Å². The zero-order valence-electron chi connectivity index (χ0n) is 11.9. The molecule has 1 heterocycles. The fourth-order valence-corrected chi connectivity index (χ4v) is 2.70. The van der Waals surface area contributed by atoms with Gasteiger partial charge >= 0.3 is 6.18 Å². The largest absolute Gasteiger partial charge is 0.454 e. The van der Waals surface area contributed by atoms with Gasteiger partial charge in [-0.2, -0.15) is 13.2 Å². The quantitative estimate of drug-likeness (QED) is 0.800. The standard InChI is InChI=1S/C15H14BrF3N2O2/c16-10-3-1-4-11(9-10)20-14(23)12-5-2-7-21(12)8-6-13(22)15(17,18)19/h1,3-4,6,8-9,12H,2,5,7H2,(H,20,23)/b8-6+. The molecular weight excluding hydrogens is 377 g/mol. The van der Waals surface area contributed by atoms with Crippen LogP contribution in [0.3, 0.4) is 0 Å². The lowest BCUT2D eigenvalue weighted by Crippen LogP contribution is -2.36. The van der Waals surface area contributed by atoms with Crippen LogP contribution in [-0.2, 0) is 9.59 Å². The molecule has 0 radical (unpaired) electrons. The number of rotatable bonds is 4. The predicted octanol–water partition coefficient (Wildman–Crippen LogP) is 3.50. The van der Waals surface area contributed by atoms with Crippen molar-refractivity contribution in [1.29, 1.82) is 0 Å². The first-order chi connectivity index (χ1) is 10.8. The van der Waals surface area contributed by atoms with Crippen LogP contribution in [0.15, 0.2) is 41.0 Å². The van der Waals surface area contributed by atoms with E-state index in [2.05, 4.69) is 21.2 Å². The topological polar surface area (TPSA) is 49.4 Å². The highest BCUT2D eigenvalue weighted by Crippen LogP contribution is 2.22. The molecule has 1 aromatic rings. The fourth-order valence-electron chi connectivity index (χ4n) is 2.30. The zero-order chi connectivity index (χ0) is 17.0. The number of hydrogen-bond acceptors (Lipinski definition) is 3. The Hall–Kier alpha value is -1.83. The number of anilines is 1. The molecule has 1 aliphatic heterocycles. The third-order valence-corrected chi connectivity index (χ3v) is 3.88. The summed E-state index contributed by atoms with van der Waals surface area (Å²) in [7, 11) is 0. The van der Waals surface area contributed by atoms with Crippen LogP contribution in [0.1, 0.15) is 12.8 Å². The Morgan fingerprint density at radius 1 is 1.35 bits per heavy atom. The van der Waals surface area contributed by atoms with Crippen LogP contribution in [0.2, 0.25) is 0 Å². The molecule has 4 nitrogen and oxygen atoms in total. The van der Waals surface area contributed by atoms with Crippen molar-refractivity contribution >= 4 is 33.3 Å². The second-order valence-electron chi connectivity index (χ2n) is 5.07. The van der Waals surface area contributed by atoms with Gasteiger partial charge in [-0.1, -0.05) is 22.0 Å². The number of alkyl halides is 3. The summed E-state index contributed by atoms with van der Waals surface area (Å²) < 4.78 is 37.4. The molecule has 0 spiro atoms. The molecule has 1 aromatic carbocycles. The van der Waals surface area contributed by atoms with Gasteiger partial charge in [0, 0.05) is 29.0 Å². The van der Waals surface area contributed by atoms with E-state index in [0.29, 0.717) is 31.1 Å². The minimum Gasteiger partial charge on any atom is -0.365 e. The van der Waals surface area contributed by atoms with Crippen molar-refractivity contribution in [1.82, 2.24) is 4.90 Å². The highest BCUT2D eigenvalue weighted by molar-refractivity contribution is 9.10. The molecular formula is C15H14BrF3N2O2. The number of likely N-dealkylation sites (tertiary alicyclic amines) is 1. The number of carbonyl (C=O) groups is 2. The maximum Gasteiger partial charge on any atom is 0.454 e. The Kier molecular flexibility index (Phi) is 5.46. The van der Waals surface area contributed by atoms with E-state index in [1.165, 1.54) is 4.90 Å². The number of amides is 1. The Morgan fingerprint density at radius 3 is 2.74 bits per heavy atom. The molecule has 1 N–H and O–H groups in total. The lowest BCUT2D eigenvalue weighted by atomic mass is 10.2. The van der Waals surface area contributed by atoms with Crippen molar-refractivity contribution in [2.45, 2.75) is 25.1 Å². The average Bonchev–Trinajstić information content (AvgIpc) is 2.92. The van der Waals surface area contributed by atoms with Crippen LogP contribution in [-0.4, -0.2) is 35.4 Å². The van der Waals surface area contributed by atoms with Crippen LogP contribution >= 0.6 is 15.9 Å². The minimum absolute atomic E-state index is 0.315. The van der Waals surface area contributed by atoms with E-state index in [1.807, 2.05) is 6.07 Å². The minimum atomic E-state index is -4.90. The molecule has 0 bridgehead atoms. The summed E-state index contributed by atoms with van der Waals surface area (Å²) in [6.07, 6.45) is -2.20. The SMILES string of the molecule is O=C(Nc1cccc(Br)c1)C1CCCN1/C=C/C(=O)C(F)(F)F. The first-order valence-corrected chi connectivity index (χ1v) is 7.68. The Labute approximate surface area is 139 Å². The zero-order valence-corrected chi connectivity index (χ0v) is 13.5. The van der Waals surface area contributed by atoms with Crippen molar-refractivity contribution in [3.05, 3.63) is 41.0 Å².